The van der Waals surface area contributed by atoms with Crippen molar-refractivity contribution in [1.29, 1.82) is 0 Å². The van der Waals surface area contributed by atoms with E-state index in [0.717, 1.165) is 0 Å². The fourth-order valence-electron chi connectivity index (χ4n) is 2.30. The Morgan fingerprint density at radius 2 is 2.21 bits per heavy atom. The van der Waals surface area contributed by atoms with Crippen molar-refractivity contribution in [2.24, 2.45) is 0 Å². The van der Waals surface area contributed by atoms with Crippen molar-refractivity contribution in [1.82, 2.24) is 4.90 Å². The zero-order valence-corrected chi connectivity index (χ0v) is 8.74. The van der Waals surface area contributed by atoms with Crippen molar-refractivity contribution in [3.05, 3.63) is 42.0 Å². The predicted molar refractivity (Wildman–Crippen MR) is 61.1 cm³/mol. The Morgan fingerprint density at radius 1 is 1.43 bits per heavy atom. The molecule has 1 aromatic carbocycles. The van der Waals surface area contributed by atoms with Gasteiger partial charge in [0.1, 0.15) is 0 Å². The van der Waals surface area contributed by atoms with E-state index in [1.807, 2.05) is 6.08 Å². The summed E-state index contributed by atoms with van der Waals surface area (Å²) in [6, 6.07) is 9.17. The Morgan fingerprint density at radius 3 is 2.86 bits per heavy atom. The molecule has 74 valence electrons. The molecule has 14 heavy (non-hydrogen) atoms. The molecule has 0 radical (unpaired) electrons. The van der Waals surface area contributed by atoms with Gasteiger partial charge in [-0.15, -0.1) is 0 Å². The third-order valence-electron chi connectivity index (χ3n) is 3.10. The molecule has 1 heteroatoms. The van der Waals surface area contributed by atoms with E-state index in [9.17, 15) is 0 Å². The summed E-state index contributed by atoms with van der Waals surface area (Å²) in [6.45, 7) is 5.09. The molecule has 1 saturated heterocycles. The second kappa shape index (κ2) is 3.97. The largest absolute Gasteiger partial charge is 0.299 e. The summed E-state index contributed by atoms with van der Waals surface area (Å²) in [6.07, 6.45) is 4.55. The van der Waals surface area contributed by atoms with E-state index in [0.29, 0.717) is 6.04 Å². The normalized spacial score (nSPS) is 22.5. The van der Waals surface area contributed by atoms with Gasteiger partial charge in [-0.1, -0.05) is 36.9 Å². The highest BCUT2D eigenvalue weighted by atomic mass is 15.1. The lowest BCUT2D eigenvalue weighted by atomic mass is 9.99. The zero-order chi connectivity index (χ0) is 9.97. The second-order valence-electron chi connectivity index (χ2n) is 3.97. The molecule has 0 amide bonds. The van der Waals surface area contributed by atoms with Crippen LogP contribution in [0.5, 0.6) is 0 Å². The maximum absolute atomic E-state index is 3.87. The van der Waals surface area contributed by atoms with E-state index in [2.05, 4.69) is 42.8 Å². The minimum atomic E-state index is 0.601. The maximum atomic E-state index is 3.87. The van der Waals surface area contributed by atoms with Gasteiger partial charge in [0.2, 0.25) is 0 Å². The summed E-state index contributed by atoms with van der Waals surface area (Å²) in [7, 11) is 2.21. The van der Waals surface area contributed by atoms with E-state index < -0.39 is 0 Å². The van der Waals surface area contributed by atoms with Gasteiger partial charge >= 0.3 is 0 Å². The van der Waals surface area contributed by atoms with Gasteiger partial charge in [-0.05, 0) is 37.6 Å². The lowest BCUT2D eigenvalue weighted by molar-refractivity contribution is 0.317. The smallest absolute Gasteiger partial charge is 0.0351 e. The molecule has 0 spiro atoms. The Labute approximate surface area is 86.1 Å². The van der Waals surface area contributed by atoms with Crippen LogP contribution in [0.1, 0.15) is 30.0 Å². The highest BCUT2D eigenvalue weighted by Crippen LogP contribution is 2.32. The SMILES string of the molecule is C=Cc1ccccc1C1CCCN1C. The fraction of sp³-hybridized carbons (Fsp3) is 0.385. The number of hydrogen-bond donors (Lipinski definition) is 0. The summed E-state index contributed by atoms with van der Waals surface area (Å²) >= 11 is 0. The molecular formula is C13H17N. The molecule has 2 rings (SSSR count). The second-order valence-corrected chi connectivity index (χ2v) is 3.97. The van der Waals surface area contributed by atoms with Gasteiger partial charge in [-0.25, -0.2) is 0 Å². The van der Waals surface area contributed by atoms with Crippen molar-refractivity contribution in [2.45, 2.75) is 18.9 Å². The van der Waals surface area contributed by atoms with Gasteiger partial charge in [-0.2, -0.15) is 0 Å². The monoisotopic (exact) mass is 187 g/mol. The van der Waals surface area contributed by atoms with Crippen LogP contribution in [0.2, 0.25) is 0 Å². The summed E-state index contributed by atoms with van der Waals surface area (Å²) < 4.78 is 0. The van der Waals surface area contributed by atoms with Crippen molar-refractivity contribution >= 4 is 6.08 Å². The van der Waals surface area contributed by atoms with Crippen molar-refractivity contribution < 1.29 is 0 Å². The highest BCUT2D eigenvalue weighted by Gasteiger charge is 2.23. The minimum Gasteiger partial charge on any atom is -0.299 e. The third-order valence-corrected chi connectivity index (χ3v) is 3.10. The van der Waals surface area contributed by atoms with Crippen LogP contribution in [0.15, 0.2) is 30.8 Å². The lowest BCUT2D eigenvalue weighted by Crippen LogP contribution is -2.18. The predicted octanol–water partition coefficient (Wildman–Crippen LogP) is 3.10. The number of benzene rings is 1. The molecule has 1 nitrogen and oxygen atoms in total. The van der Waals surface area contributed by atoms with Crippen LogP contribution >= 0.6 is 0 Å². The zero-order valence-electron chi connectivity index (χ0n) is 8.74. The van der Waals surface area contributed by atoms with Gasteiger partial charge in [0.25, 0.3) is 0 Å². The summed E-state index contributed by atoms with van der Waals surface area (Å²) in [4.78, 5) is 2.43. The van der Waals surface area contributed by atoms with Gasteiger partial charge in [-0.3, -0.25) is 4.90 Å². The average molecular weight is 187 g/mol. The Kier molecular flexibility index (Phi) is 2.69. The molecule has 1 heterocycles. The molecule has 0 saturated carbocycles. The molecule has 1 aliphatic rings. The molecule has 0 aromatic heterocycles. The molecule has 1 unspecified atom stereocenters. The first-order valence-electron chi connectivity index (χ1n) is 5.24. The third kappa shape index (κ3) is 1.60. The standard InChI is InChI=1S/C13H17N/c1-3-11-7-4-5-8-12(11)13-9-6-10-14(13)2/h3-5,7-8,13H,1,6,9-10H2,2H3. The fourth-order valence-corrected chi connectivity index (χ4v) is 2.30. The van der Waals surface area contributed by atoms with Crippen molar-refractivity contribution in [3.8, 4) is 0 Å². The first-order valence-corrected chi connectivity index (χ1v) is 5.24. The topological polar surface area (TPSA) is 3.24 Å². The van der Waals surface area contributed by atoms with E-state index in [4.69, 9.17) is 0 Å². The summed E-state index contributed by atoms with van der Waals surface area (Å²) in [5.74, 6) is 0. The molecular weight excluding hydrogens is 170 g/mol. The van der Waals surface area contributed by atoms with E-state index in [1.165, 1.54) is 30.5 Å². The molecule has 0 aliphatic carbocycles. The number of nitrogens with zero attached hydrogens (tertiary/aromatic N) is 1. The van der Waals surface area contributed by atoms with E-state index in [1.54, 1.807) is 0 Å². The van der Waals surface area contributed by atoms with Gasteiger partial charge in [0.05, 0.1) is 0 Å². The average Bonchev–Trinajstić information content (AvgIpc) is 2.64. The number of rotatable bonds is 2. The highest BCUT2D eigenvalue weighted by molar-refractivity contribution is 5.52. The lowest BCUT2D eigenvalue weighted by Gasteiger charge is -2.21. The van der Waals surface area contributed by atoms with Crippen LogP contribution in [-0.4, -0.2) is 18.5 Å². The molecule has 1 fully saturated rings. The molecule has 1 aromatic rings. The molecule has 1 atom stereocenters. The van der Waals surface area contributed by atoms with Crippen LogP contribution in [0.25, 0.3) is 6.08 Å². The molecule has 0 N–H and O–H groups in total. The Hall–Kier alpha value is -1.08. The number of hydrogen-bond acceptors (Lipinski definition) is 1. The van der Waals surface area contributed by atoms with Gasteiger partial charge in [0.15, 0.2) is 0 Å². The van der Waals surface area contributed by atoms with Crippen molar-refractivity contribution in [3.63, 3.8) is 0 Å². The van der Waals surface area contributed by atoms with E-state index >= 15 is 0 Å². The summed E-state index contributed by atoms with van der Waals surface area (Å²) in [5, 5.41) is 0. The van der Waals surface area contributed by atoms with Gasteiger partial charge in [0, 0.05) is 6.04 Å². The van der Waals surface area contributed by atoms with Crippen LogP contribution < -0.4 is 0 Å². The van der Waals surface area contributed by atoms with Crippen molar-refractivity contribution in [2.75, 3.05) is 13.6 Å². The molecule has 0 bridgehead atoms. The van der Waals surface area contributed by atoms with Crippen LogP contribution in [0.4, 0.5) is 0 Å². The van der Waals surface area contributed by atoms with Gasteiger partial charge < -0.3 is 0 Å². The quantitative estimate of drug-likeness (QED) is 0.687. The molecule has 1 aliphatic heterocycles. The maximum Gasteiger partial charge on any atom is 0.0351 e. The van der Waals surface area contributed by atoms with E-state index in [-0.39, 0.29) is 0 Å². The Bertz CT molecular complexity index is 330. The first-order chi connectivity index (χ1) is 6.83. The van der Waals surface area contributed by atoms with Crippen LogP contribution in [0.3, 0.4) is 0 Å². The van der Waals surface area contributed by atoms with Crippen LogP contribution in [-0.2, 0) is 0 Å². The Balaban J connectivity index is 2.34. The number of likely N-dealkylation sites (tertiary alicyclic amines) is 1. The minimum absolute atomic E-state index is 0.601. The first kappa shape index (κ1) is 9.47. The van der Waals surface area contributed by atoms with Crippen LogP contribution in [0, 0.1) is 0 Å². The summed E-state index contributed by atoms with van der Waals surface area (Å²) in [5.41, 5.74) is 2.72.